The monoisotopic (exact) mass is 492 g/mol. The number of rotatable bonds is 5. The van der Waals surface area contributed by atoms with Gasteiger partial charge in [0.05, 0.1) is 18.7 Å². The Kier molecular flexibility index (Phi) is 6.10. The van der Waals surface area contributed by atoms with Crippen molar-refractivity contribution >= 4 is 33.4 Å². The summed E-state index contributed by atoms with van der Waals surface area (Å²) in [6.45, 7) is 2.01. The SMILES string of the molecule is COc1ccc(C(O)=C2C(=O)C(=O)N(Cc3cccnc3)[C@H]2c2ccc(Br)cc2)c(C)c1. The molecular formula is C25H21BrN2O4. The highest BCUT2D eigenvalue weighted by atomic mass is 79.9. The van der Waals surface area contributed by atoms with E-state index in [1.54, 1.807) is 43.8 Å². The second-order valence-electron chi connectivity index (χ2n) is 7.52. The van der Waals surface area contributed by atoms with Gasteiger partial charge < -0.3 is 14.7 Å². The van der Waals surface area contributed by atoms with Gasteiger partial charge in [0.25, 0.3) is 11.7 Å². The van der Waals surface area contributed by atoms with Gasteiger partial charge in [-0.1, -0.05) is 34.1 Å². The van der Waals surface area contributed by atoms with Gasteiger partial charge in [0.2, 0.25) is 0 Å². The zero-order valence-corrected chi connectivity index (χ0v) is 19.2. The molecule has 0 saturated carbocycles. The summed E-state index contributed by atoms with van der Waals surface area (Å²) < 4.78 is 6.11. The number of Topliss-reactive ketones (excluding diaryl/α,β-unsaturated/α-hetero) is 1. The number of pyridine rings is 1. The smallest absolute Gasteiger partial charge is 0.295 e. The number of carbonyl (C=O) groups excluding carboxylic acids is 2. The summed E-state index contributed by atoms with van der Waals surface area (Å²) in [4.78, 5) is 31.8. The normalized spacial score (nSPS) is 17.6. The third-order valence-corrected chi connectivity index (χ3v) is 6.02. The number of likely N-dealkylation sites (tertiary alicyclic amines) is 1. The first kappa shape index (κ1) is 21.8. The van der Waals surface area contributed by atoms with Crippen LogP contribution in [0.5, 0.6) is 5.75 Å². The Morgan fingerprint density at radius 1 is 1.16 bits per heavy atom. The molecule has 1 aliphatic heterocycles. The molecule has 6 nitrogen and oxygen atoms in total. The number of aromatic nitrogens is 1. The van der Waals surface area contributed by atoms with E-state index in [9.17, 15) is 14.7 Å². The summed E-state index contributed by atoms with van der Waals surface area (Å²) in [6, 6.07) is 15.4. The van der Waals surface area contributed by atoms with Gasteiger partial charge in [-0.2, -0.15) is 0 Å². The standard InChI is InChI=1S/C25H21BrN2O4/c1-15-12-19(32-2)9-10-20(15)23(29)21-22(17-5-7-18(26)8-6-17)28(25(31)24(21)30)14-16-4-3-11-27-13-16/h3-13,22,29H,14H2,1-2H3/t22-/m0/s1. The fourth-order valence-electron chi connectivity index (χ4n) is 3.90. The summed E-state index contributed by atoms with van der Waals surface area (Å²) in [5.41, 5.74) is 2.79. The Balaban J connectivity index is 1.87. The van der Waals surface area contributed by atoms with E-state index in [0.717, 1.165) is 21.2 Å². The average molecular weight is 493 g/mol. The molecule has 2 aromatic carbocycles. The molecule has 1 saturated heterocycles. The minimum Gasteiger partial charge on any atom is -0.507 e. The molecule has 1 fully saturated rings. The molecule has 1 amide bonds. The van der Waals surface area contributed by atoms with Crippen LogP contribution in [0, 0.1) is 6.92 Å². The molecule has 1 atom stereocenters. The first-order chi connectivity index (χ1) is 15.4. The maximum atomic E-state index is 13.1. The molecule has 7 heteroatoms. The number of hydrogen-bond donors (Lipinski definition) is 1. The first-order valence-electron chi connectivity index (χ1n) is 9.98. The van der Waals surface area contributed by atoms with E-state index in [-0.39, 0.29) is 17.9 Å². The van der Waals surface area contributed by atoms with Crippen molar-refractivity contribution in [3.8, 4) is 5.75 Å². The number of carbonyl (C=O) groups is 2. The lowest BCUT2D eigenvalue weighted by atomic mass is 9.94. The lowest BCUT2D eigenvalue weighted by Gasteiger charge is -2.25. The van der Waals surface area contributed by atoms with E-state index < -0.39 is 17.7 Å². The molecule has 32 heavy (non-hydrogen) atoms. The van der Waals surface area contributed by atoms with Gasteiger partial charge in [0.15, 0.2) is 0 Å². The van der Waals surface area contributed by atoms with E-state index in [2.05, 4.69) is 20.9 Å². The van der Waals surface area contributed by atoms with Crippen molar-refractivity contribution in [3.05, 3.63) is 99.3 Å². The van der Waals surface area contributed by atoms with Crippen LogP contribution in [0.3, 0.4) is 0 Å². The van der Waals surface area contributed by atoms with Crippen LogP contribution in [0.4, 0.5) is 0 Å². The lowest BCUT2D eigenvalue weighted by Crippen LogP contribution is -2.29. The Labute approximate surface area is 194 Å². The van der Waals surface area contributed by atoms with Crippen molar-refractivity contribution in [2.45, 2.75) is 19.5 Å². The summed E-state index contributed by atoms with van der Waals surface area (Å²) in [5.74, 6) is -0.935. The number of benzene rings is 2. The Morgan fingerprint density at radius 2 is 1.91 bits per heavy atom. The van der Waals surface area contributed by atoms with Gasteiger partial charge in [0.1, 0.15) is 11.5 Å². The van der Waals surface area contributed by atoms with Crippen LogP contribution in [0.2, 0.25) is 0 Å². The van der Waals surface area contributed by atoms with Crippen LogP contribution in [0.15, 0.2) is 77.0 Å². The van der Waals surface area contributed by atoms with Gasteiger partial charge in [-0.3, -0.25) is 14.6 Å². The number of nitrogens with zero attached hydrogens (tertiary/aromatic N) is 2. The van der Waals surface area contributed by atoms with E-state index in [1.807, 2.05) is 37.3 Å². The third-order valence-electron chi connectivity index (χ3n) is 5.49. The summed E-state index contributed by atoms with van der Waals surface area (Å²) in [5, 5.41) is 11.2. The van der Waals surface area contributed by atoms with E-state index >= 15 is 0 Å². The van der Waals surface area contributed by atoms with Crippen LogP contribution in [-0.4, -0.2) is 33.8 Å². The minimum absolute atomic E-state index is 0.0643. The molecule has 0 spiro atoms. The van der Waals surface area contributed by atoms with Crippen LogP contribution < -0.4 is 4.74 Å². The number of ketones is 1. The van der Waals surface area contributed by atoms with Crippen molar-refractivity contribution in [1.82, 2.24) is 9.88 Å². The second-order valence-corrected chi connectivity index (χ2v) is 8.44. The van der Waals surface area contributed by atoms with Crippen LogP contribution in [0.1, 0.15) is 28.3 Å². The van der Waals surface area contributed by atoms with E-state index in [4.69, 9.17) is 4.74 Å². The summed E-state index contributed by atoms with van der Waals surface area (Å²) >= 11 is 3.42. The van der Waals surface area contributed by atoms with Crippen molar-refractivity contribution in [3.63, 3.8) is 0 Å². The average Bonchev–Trinajstić information content (AvgIpc) is 3.04. The number of amides is 1. The Bertz CT molecular complexity index is 1210. The highest BCUT2D eigenvalue weighted by Gasteiger charge is 2.46. The van der Waals surface area contributed by atoms with Crippen LogP contribution in [-0.2, 0) is 16.1 Å². The van der Waals surface area contributed by atoms with Crippen molar-refractivity contribution in [2.24, 2.45) is 0 Å². The predicted molar refractivity (Wildman–Crippen MR) is 124 cm³/mol. The van der Waals surface area contributed by atoms with Crippen molar-refractivity contribution in [2.75, 3.05) is 7.11 Å². The summed E-state index contributed by atoms with van der Waals surface area (Å²) in [6.07, 6.45) is 3.31. The molecule has 2 heterocycles. The molecule has 3 aromatic rings. The van der Waals surface area contributed by atoms with E-state index in [1.165, 1.54) is 4.90 Å². The molecule has 0 aliphatic carbocycles. The number of aryl methyl sites for hydroxylation is 1. The van der Waals surface area contributed by atoms with Crippen molar-refractivity contribution in [1.29, 1.82) is 0 Å². The maximum Gasteiger partial charge on any atom is 0.295 e. The zero-order valence-electron chi connectivity index (χ0n) is 17.6. The molecule has 0 bridgehead atoms. The molecule has 162 valence electrons. The maximum absolute atomic E-state index is 13.1. The van der Waals surface area contributed by atoms with Crippen LogP contribution in [0.25, 0.3) is 5.76 Å². The van der Waals surface area contributed by atoms with Crippen LogP contribution >= 0.6 is 15.9 Å². The quantitative estimate of drug-likeness (QED) is 0.314. The largest absolute Gasteiger partial charge is 0.507 e. The number of methoxy groups -OCH3 is 1. The topological polar surface area (TPSA) is 79.7 Å². The molecule has 1 aliphatic rings. The fraction of sp³-hybridized carbons (Fsp3) is 0.160. The summed E-state index contributed by atoms with van der Waals surface area (Å²) in [7, 11) is 1.56. The van der Waals surface area contributed by atoms with Gasteiger partial charge in [0, 0.05) is 29.0 Å². The minimum atomic E-state index is -0.732. The van der Waals surface area contributed by atoms with Gasteiger partial charge in [-0.25, -0.2) is 0 Å². The molecule has 4 rings (SSSR count). The van der Waals surface area contributed by atoms with E-state index in [0.29, 0.717) is 11.3 Å². The third kappa shape index (κ3) is 4.03. The lowest BCUT2D eigenvalue weighted by molar-refractivity contribution is -0.140. The highest BCUT2D eigenvalue weighted by molar-refractivity contribution is 9.10. The van der Waals surface area contributed by atoms with Gasteiger partial charge in [-0.15, -0.1) is 0 Å². The molecule has 1 N–H and O–H groups in total. The number of aliphatic hydroxyl groups excluding tert-OH is 1. The Hall–Kier alpha value is -3.45. The number of halogens is 1. The first-order valence-corrected chi connectivity index (χ1v) is 10.8. The molecular weight excluding hydrogens is 472 g/mol. The molecule has 0 unspecified atom stereocenters. The number of aliphatic hydroxyl groups is 1. The fourth-order valence-corrected chi connectivity index (χ4v) is 4.16. The Morgan fingerprint density at radius 3 is 2.53 bits per heavy atom. The van der Waals surface area contributed by atoms with Crippen molar-refractivity contribution < 1.29 is 19.4 Å². The second kappa shape index (κ2) is 8.96. The van der Waals surface area contributed by atoms with Gasteiger partial charge in [-0.05, 0) is 60.0 Å². The zero-order chi connectivity index (χ0) is 22.8. The molecule has 1 aromatic heterocycles. The highest BCUT2D eigenvalue weighted by Crippen LogP contribution is 2.41. The molecule has 0 radical (unpaired) electrons. The number of hydrogen-bond acceptors (Lipinski definition) is 5. The predicted octanol–water partition coefficient (Wildman–Crippen LogP) is 4.78. The number of ether oxygens (including phenoxy) is 1. The van der Waals surface area contributed by atoms with Gasteiger partial charge >= 0.3 is 0 Å².